The Labute approximate surface area is 213 Å². The van der Waals surface area contributed by atoms with Gasteiger partial charge < -0.3 is 19.9 Å². The van der Waals surface area contributed by atoms with E-state index in [0.717, 1.165) is 80.3 Å². The standard InChI is InChI=1S/C29H37N5O2/c1-20-17-33(2)29(31-20)24-6-3-5-23(15-24)25(16-27(35)36)19-34-14-12-21(18-34)8-10-26-11-9-22-7-4-13-30-28(22)32-26/h3,5-6,9,11,15,17,21,25H,4,7-8,10,12-14,16,18-19H2,1-2H3,(H,30,32)(H,35,36)/t21-,25+/m1/s1. The van der Waals surface area contributed by atoms with Gasteiger partial charge in [-0.05, 0) is 74.8 Å². The first-order valence-electron chi connectivity index (χ1n) is 13.2. The van der Waals surface area contributed by atoms with Crippen LogP contribution in [0.15, 0.2) is 42.6 Å². The molecule has 2 aliphatic heterocycles. The van der Waals surface area contributed by atoms with Crippen molar-refractivity contribution >= 4 is 11.8 Å². The molecule has 0 aliphatic carbocycles. The van der Waals surface area contributed by atoms with E-state index in [2.05, 4.69) is 45.5 Å². The predicted octanol–water partition coefficient (Wildman–Crippen LogP) is 4.66. The van der Waals surface area contributed by atoms with Gasteiger partial charge in [-0.3, -0.25) is 4.79 Å². The number of nitrogens with zero attached hydrogens (tertiary/aromatic N) is 4. The van der Waals surface area contributed by atoms with Crippen LogP contribution in [0.1, 0.15) is 54.1 Å². The maximum Gasteiger partial charge on any atom is 0.304 e. The molecule has 0 spiro atoms. The highest BCUT2D eigenvalue weighted by molar-refractivity contribution is 5.68. The van der Waals surface area contributed by atoms with Crippen LogP contribution in [0, 0.1) is 12.8 Å². The monoisotopic (exact) mass is 487 g/mol. The molecule has 1 saturated heterocycles. The minimum Gasteiger partial charge on any atom is -0.481 e. The van der Waals surface area contributed by atoms with Crippen molar-refractivity contribution < 1.29 is 9.90 Å². The Balaban J connectivity index is 1.21. The minimum atomic E-state index is -0.749. The van der Waals surface area contributed by atoms with Gasteiger partial charge in [0.2, 0.25) is 0 Å². The van der Waals surface area contributed by atoms with Crippen molar-refractivity contribution in [3.63, 3.8) is 0 Å². The minimum absolute atomic E-state index is 0.0454. The van der Waals surface area contributed by atoms with Gasteiger partial charge in [0.1, 0.15) is 11.6 Å². The maximum absolute atomic E-state index is 11.7. The van der Waals surface area contributed by atoms with E-state index in [1.54, 1.807) is 0 Å². The molecule has 0 amide bonds. The predicted molar refractivity (Wildman–Crippen MR) is 142 cm³/mol. The van der Waals surface area contributed by atoms with Gasteiger partial charge in [0.05, 0.1) is 12.1 Å². The number of benzene rings is 1. The normalized spacial score (nSPS) is 18.6. The van der Waals surface area contributed by atoms with E-state index in [-0.39, 0.29) is 12.3 Å². The van der Waals surface area contributed by atoms with Crippen molar-refractivity contribution in [2.75, 3.05) is 31.5 Å². The van der Waals surface area contributed by atoms with Crippen molar-refractivity contribution in [2.45, 2.75) is 51.4 Å². The first kappa shape index (κ1) is 24.5. The van der Waals surface area contributed by atoms with Gasteiger partial charge in [-0.1, -0.05) is 24.3 Å². The lowest BCUT2D eigenvalue weighted by Gasteiger charge is -2.24. The van der Waals surface area contributed by atoms with Crippen molar-refractivity contribution in [1.29, 1.82) is 0 Å². The van der Waals surface area contributed by atoms with E-state index < -0.39 is 5.97 Å². The summed E-state index contributed by atoms with van der Waals surface area (Å²) in [6.45, 7) is 5.83. The number of carbonyl (C=O) groups is 1. The molecule has 0 unspecified atom stereocenters. The highest BCUT2D eigenvalue weighted by atomic mass is 16.4. The second kappa shape index (κ2) is 10.8. The summed E-state index contributed by atoms with van der Waals surface area (Å²) < 4.78 is 2.03. The quantitative estimate of drug-likeness (QED) is 0.457. The van der Waals surface area contributed by atoms with Crippen LogP contribution in [0.25, 0.3) is 11.4 Å². The number of aromatic nitrogens is 3. The third kappa shape index (κ3) is 5.78. The molecule has 5 rings (SSSR count). The number of pyridine rings is 1. The molecule has 7 nitrogen and oxygen atoms in total. The van der Waals surface area contributed by atoms with E-state index >= 15 is 0 Å². The van der Waals surface area contributed by atoms with Crippen molar-refractivity contribution in [3.8, 4) is 11.4 Å². The largest absolute Gasteiger partial charge is 0.481 e. The number of imidazole rings is 1. The number of likely N-dealkylation sites (tertiary alicyclic amines) is 1. The van der Waals surface area contributed by atoms with Crippen LogP contribution in [-0.2, 0) is 24.7 Å². The average Bonchev–Trinajstić information content (AvgIpc) is 3.47. The number of aryl methyl sites for hydroxylation is 4. The molecule has 2 N–H and O–H groups in total. The first-order chi connectivity index (χ1) is 17.4. The average molecular weight is 488 g/mol. The summed E-state index contributed by atoms with van der Waals surface area (Å²) in [4.78, 5) is 23.7. The third-order valence-electron chi connectivity index (χ3n) is 7.64. The van der Waals surface area contributed by atoms with Crippen molar-refractivity contribution in [3.05, 3.63) is 65.1 Å². The van der Waals surface area contributed by atoms with E-state index in [0.29, 0.717) is 5.92 Å². The number of aliphatic carboxylic acids is 1. The first-order valence-corrected chi connectivity index (χ1v) is 13.2. The van der Waals surface area contributed by atoms with Crippen LogP contribution in [0.4, 0.5) is 5.82 Å². The van der Waals surface area contributed by atoms with Gasteiger partial charge in [0.15, 0.2) is 0 Å². The Kier molecular flexibility index (Phi) is 7.37. The lowest BCUT2D eigenvalue weighted by molar-refractivity contribution is -0.137. The molecule has 7 heteroatoms. The Bertz CT molecular complexity index is 1220. The molecule has 2 aromatic heterocycles. The number of fused-ring (bicyclic) bond motifs is 1. The number of anilines is 1. The number of carboxylic acids is 1. The fraction of sp³-hybridized carbons (Fsp3) is 0.483. The number of rotatable bonds is 9. The summed E-state index contributed by atoms with van der Waals surface area (Å²) in [5, 5.41) is 13.1. The van der Waals surface area contributed by atoms with Crippen LogP contribution >= 0.6 is 0 Å². The Morgan fingerprint density at radius 3 is 2.94 bits per heavy atom. The van der Waals surface area contributed by atoms with Crippen LogP contribution in [0.3, 0.4) is 0 Å². The number of carboxylic acid groups (broad SMARTS) is 1. The van der Waals surface area contributed by atoms with Gasteiger partial charge in [-0.2, -0.15) is 0 Å². The molecule has 36 heavy (non-hydrogen) atoms. The SMILES string of the molecule is Cc1cn(C)c(-c2cccc([C@@H](CC(=O)O)CN3CC[C@@H](CCc4ccc5c(n4)NCCC5)C3)c2)n1. The van der Waals surface area contributed by atoms with Crippen LogP contribution in [0.5, 0.6) is 0 Å². The number of hydrogen-bond donors (Lipinski definition) is 2. The summed E-state index contributed by atoms with van der Waals surface area (Å²) in [5.74, 6) is 1.82. The van der Waals surface area contributed by atoms with E-state index in [1.165, 1.54) is 17.7 Å². The molecule has 2 aliphatic rings. The van der Waals surface area contributed by atoms with Gasteiger partial charge in [-0.25, -0.2) is 9.97 Å². The maximum atomic E-state index is 11.7. The Morgan fingerprint density at radius 2 is 2.14 bits per heavy atom. The summed E-state index contributed by atoms with van der Waals surface area (Å²) in [7, 11) is 2.00. The van der Waals surface area contributed by atoms with Gasteiger partial charge in [0, 0.05) is 50.1 Å². The zero-order chi connectivity index (χ0) is 25.1. The highest BCUT2D eigenvalue weighted by Gasteiger charge is 2.27. The summed E-state index contributed by atoms with van der Waals surface area (Å²) >= 11 is 0. The Morgan fingerprint density at radius 1 is 1.25 bits per heavy atom. The van der Waals surface area contributed by atoms with Gasteiger partial charge >= 0.3 is 5.97 Å². The highest BCUT2D eigenvalue weighted by Crippen LogP contribution is 2.30. The van der Waals surface area contributed by atoms with Gasteiger partial charge in [-0.15, -0.1) is 0 Å². The summed E-state index contributed by atoms with van der Waals surface area (Å²) in [5.41, 5.74) is 5.59. The third-order valence-corrected chi connectivity index (χ3v) is 7.64. The topological polar surface area (TPSA) is 83.3 Å². The summed E-state index contributed by atoms with van der Waals surface area (Å²) in [6, 6.07) is 12.7. The zero-order valence-corrected chi connectivity index (χ0v) is 21.4. The van der Waals surface area contributed by atoms with E-state index in [1.807, 2.05) is 30.8 Å². The molecular formula is C29H37N5O2. The van der Waals surface area contributed by atoms with E-state index in [4.69, 9.17) is 4.98 Å². The van der Waals surface area contributed by atoms with Gasteiger partial charge in [0.25, 0.3) is 0 Å². The Hall–Kier alpha value is -3.19. The lowest BCUT2D eigenvalue weighted by atomic mass is 9.93. The molecule has 2 atom stereocenters. The molecule has 0 saturated carbocycles. The fourth-order valence-corrected chi connectivity index (χ4v) is 5.80. The molecule has 1 fully saturated rings. The lowest BCUT2D eigenvalue weighted by Crippen LogP contribution is -2.28. The molecule has 0 radical (unpaired) electrons. The van der Waals surface area contributed by atoms with Crippen LogP contribution < -0.4 is 5.32 Å². The van der Waals surface area contributed by atoms with Crippen molar-refractivity contribution in [2.24, 2.45) is 13.0 Å². The van der Waals surface area contributed by atoms with E-state index in [9.17, 15) is 9.90 Å². The second-order valence-corrected chi connectivity index (χ2v) is 10.5. The number of hydrogen-bond acceptors (Lipinski definition) is 5. The molecule has 3 aromatic rings. The van der Waals surface area contributed by atoms with Crippen LogP contribution in [0.2, 0.25) is 0 Å². The summed E-state index contributed by atoms with van der Waals surface area (Å²) in [6.07, 6.45) is 7.73. The molecule has 0 bridgehead atoms. The molecular weight excluding hydrogens is 450 g/mol. The van der Waals surface area contributed by atoms with Crippen molar-refractivity contribution in [1.82, 2.24) is 19.4 Å². The molecule has 4 heterocycles. The number of nitrogens with one attached hydrogen (secondary N) is 1. The molecule has 190 valence electrons. The fourth-order valence-electron chi connectivity index (χ4n) is 5.80. The smallest absolute Gasteiger partial charge is 0.304 e. The van der Waals surface area contributed by atoms with Crippen LogP contribution in [-0.4, -0.2) is 56.7 Å². The second-order valence-electron chi connectivity index (χ2n) is 10.5. The zero-order valence-electron chi connectivity index (χ0n) is 21.4. The molecule has 1 aromatic carbocycles.